The molecule has 0 radical (unpaired) electrons. The standard InChI is InChI=1S/C93H132O12Se6/c1-85(2,3)70-31-58-46-106-52-64-37-73(88(10,11)12)39-66(82(64)100-43-76(94)103-91(19,20)21)54-108-48-60-33-71(86(4,5)6)35-62(80(60)98-29)50-110-56-68-41-75(90(16,17)18)42-69(84(68)102-45-78(96)105-93(25,26)27)57-111-51-63-36-72(87(7,8)9)34-61(81(63)99-30)49-109-55-67-40-74(89(13,14)15)38-65(53-107-47-59(32-70)79(58)97-28)83(67)101-44-77(95)104-92(22,23)24/h31-42H,43-57H2,1-30H3. The summed E-state index contributed by atoms with van der Waals surface area (Å²) < 4.78 is 58.0. The average Bonchev–Trinajstić information content (AvgIpc) is 0.810. The Kier molecular flexibility index (Phi) is 32.8. The van der Waals surface area contributed by atoms with Crippen LogP contribution in [0.5, 0.6) is 34.5 Å². The van der Waals surface area contributed by atoms with Crippen LogP contribution in [0.2, 0.25) is 0 Å². The van der Waals surface area contributed by atoms with E-state index in [2.05, 4.69) is 197 Å². The fourth-order valence-electron chi connectivity index (χ4n) is 12.9. The molecule has 0 N–H and O–H groups in total. The first kappa shape index (κ1) is 93.8. The number of carbonyl (C=O) groups excluding carboxylic acids is 3. The first-order chi connectivity index (χ1) is 51.2. The van der Waals surface area contributed by atoms with E-state index in [1.165, 1.54) is 66.8 Å². The Morgan fingerprint density at radius 1 is 0.234 bits per heavy atom. The number of esters is 3. The van der Waals surface area contributed by atoms with E-state index >= 15 is 0 Å². The molecule has 0 fully saturated rings. The molecule has 0 saturated heterocycles. The summed E-state index contributed by atoms with van der Waals surface area (Å²) in [5, 5.41) is 9.55. The summed E-state index contributed by atoms with van der Waals surface area (Å²) in [5.74, 6) is 3.99. The van der Waals surface area contributed by atoms with Crippen LogP contribution >= 0.6 is 0 Å². The van der Waals surface area contributed by atoms with Crippen molar-refractivity contribution >= 4 is 108 Å². The summed E-state index contributed by atoms with van der Waals surface area (Å²) in [6.07, 6.45) is 0. The second-order valence-electron chi connectivity index (χ2n) is 38.4. The first-order valence-corrected chi connectivity index (χ1v) is 53.4. The SMILES string of the molecule is COc1c2cc(C(C)(C)C)cc1C[Se]Cc1cc(C(C)(C)C)cc(c1OCC(=O)OC(C)(C)C)C[Se]Cc1cc(C(C)(C)C)cc(c1OC)C[Se]Cc1cc(C(C)(C)C)cc(c1OCC(=O)OC(C)(C)C)C[Se]Cc1cc(C(C)(C)C)cc(c1OC)C[Se]Cc1cc(C(C)(C)C)cc(c1OCC(=O)OC(C)(C)C)C[Se]C2. The molecule has 111 heavy (non-hydrogen) atoms. The first-order valence-electron chi connectivity index (χ1n) is 38.8. The summed E-state index contributed by atoms with van der Waals surface area (Å²) in [6, 6.07) is 28.3. The Balaban J connectivity index is 1.43. The van der Waals surface area contributed by atoms with Crippen molar-refractivity contribution in [3.8, 4) is 34.5 Å². The van der Waals surface area contributed by atoms with Crippen LogP contribution in [0.4, 0.5) is 0 Å². The zero-order valence-electron chi connectivity index (χ0n) is 72.9. The van der Waals surface area contributed by atoms with Crippen molar-refractivity contribution < 1.29 is 57.0 Å². The number of hydrogen-bond acceptors (Lipinski definition) is 12. The van der Waals surface area contributed by atoms with E-state index in [0.717, 1.165) is 132 Å². The van der Waals surface area contributed by atoms with Crippen molar-refractivity contribution in [2.75, 3.05) is 41.2 Å². The molecule has 18 heteroatoms. The molecule has 1 aliphatic heterocycles. The van der Waals surface area contributed by atoms with Crippen LogP contribution < -0.4 is 28.4 Å². The molecule has 1 aliphatic rings. The van der Waals surface area contributed by atoms with Gasteiger partial charge in [-0.25, -0.2) is 0 Å². The van der Waals surface area contributed by atoms with E-state index in [1.807, 2.05) is 83.6 Å². The van der Waals surface area contributed by atoms with Crippen molar-refractivity contribution in [2.24, 2.45) is 0 Å². The topological polar surface area (TPSA) is 134 Å². The van der Waals surface area contributed by atoms with Gasteiger partial charge in [-0.2, -0.15) is 0 Å². The van der Waals surface area contributed by atoms with Crippen LogP contribution in [0.3, 0.4) is 0 Å². The average molecular weight is 1920 g/mol. The van der Waals surface area contributed by atoms with Gasteiger partial charge in [-0.1, -0.05) is 0 Å². The number of ether oxygens (including phenoxy) is 9. The molecule has 6 aromatic rings. The number of carbonyl (C=O) groups is 3. The third-order valence-corrected chi connectivity index (χ3v) is 31.6. The van der Waals surface area contributed by atoms with Crippen LogP contribution in [-0.4, -0.2) is 166 Å². The van der Waals surface area contributed by atoms with Gasteiger partial charge in [-0.15, -0.1) is 0 Å². The number of hydrogen-bond donors (Lipinski definition) is 0. The molecular formula is C93H132O12Se6. The van der Waals surface area contributed by atoms with E-state index in [1.54, 1.807) is 0 Å². The van der Waals surface area contributed by atoms with Gasteiger partial charge in [0.25, 0.3) is 0 Å². The normalized spacial score (nSPS) is 14.9. The molecule has 612 valence electrons. The second-order valence-corrected chi connectivity index (χ2v) is 50.8. The molecule has 12 nitrogen and oxygen atoms in total. The van der Waals surface area contributed by atoms with Gasteiger partial charge in [-0.3, -0.25) is 0 Å². The summed E-state index contributed by atoms with van der Waals surface area (Å²) >= 11 is 0.195. The fraction of sp³-hybridized carbons (Fsp3) is 0.581. The van der Waals surface area contributed by atoms with Crippen molar-refractivity contribution in [2.45, 2.75) is 300 Å². The Bertz CT molecular complexity index is 3620. The van der Waals surface area contributed by atoms with Crippen LogP contribution in [0.25, 0.3) is 0 Å². The maximum atomic E-state index is 13.7. The molecule has 0 aliphatic carbocycles. The Hall–Kier alpha value is -4.35. The predicted octanol–water partition coefficient (Wildman–Crippen LogP) is 18.4. The molecule has 0 spiro atoms. The summed E-state index contributed by atoms with van der Waals surface area (Å²) in [4.78, 5) is 41.2. The fourth-order valence-corrected chi connectivity index (χ4v) is 25.1. The van der Waals surface area contributed by atoms with Gasteiger partial charge < -0.3 is 0 Å². The van der Waals surface area contributed by atoms with E-state index in [4.69, 9.17) is 42.6 Å². The summed E-state index contributed by atoms with van der Waals surface area (Å²) in [6.45, 7) is 57.7. The van der Waals surface area contributed by atoms with Crippen molar-refractivity contribution in [3.05, 3.63) is 173 Å². The molecule has 0 saturated carbocycles. The third-order valence-electron chi connectivity index (χ3n) is 18.6. The van der Waals surface area contributed by atoms with E-state index in [9.17, 15) is 14.4 Å². The van der Waals surface area contributed by atoms with Crippen molar-refractivity contribution in [1.82, 2.24) is 0 Å². The molecule has 0 unspecified atom stereocenters. The van der Waals surface area contributed by atoms with Crippen LogP contribution in [0.15, 0.2) is 72.8 Å². The Morgan fingerprint density at radius 3 is 0.468 bits per heavy atom. The zero-order valence-corrected chi connectivity index (χ0v) is 83.2. The number of benzene rings is 6. The van der Waals surface area contributed by atoms with E-state index < -0.39 is 34.7 Å². The second kappa shape index (κ2) is 38.8. The minimum atomic E-state index is -0.675. The molecular weight excluding hydrogens is 1780 g/mol. The van der Waals surface area contributed by atoms with Gasteiger partial charge in [0, 0.05) is 0 Å². The number of methoxy groups -OCH3 is 3. The molecule has 6 aromatic carbocycles. The van der Waals surface area contributed by atoms with Gasteiger partial charge in [0.1, 0.15) is 0 Å². The van der Waals surface area contributed by atoms with Gasteiger partial charge in [0.05, 0.1) is 0 Å². The van der Waals surface area contributed by atoms with Gasteiger partial charge in [0.15, 0.2) is 0 Å². The minimum absolute atomic E-state index is 0.0326. The monoisotopic (exact) mass is 1920 g/mol. The van der Waals surface area contributed by atoms with E-state index in [-0.39, 0.29) is 142 Å². The maximum absolute atomic E-state index is 13.7. The molecule has 1 heterocycles. The van der Waals surface area contributed by atoms with Gasteiger partial charge >= 0.3 is 713 Å². The molecule has 12 bridgehead atoms. The quantitative estimate of drug-likeness (QED) is 0.0656. The van der Waals surface area contributed by atoms with Gasteiger partial charge in [0.2, 0.25) is 0 Å². The summed E-state index contributed by atoms with van der Waals surface area (Å²) in [7, 11) is 5.47. The van der Waals surface area contributed by atoms with Crippen molar-refractivity contribution in [1.29, 1.82) is 0 Å². The molecule has 0 aromatic heterocycles. The Labute approximate surface area is 707 Å². The number of fused-ring (bicyclic) bond motifs is 12. The Morgan fingerprint density at radius 2 is 0.360 bits per heavy atom. The van der Waals surface area contributed by atoms with Crippen LogP contribution in [0, 0.1) is 0 Å². The van der Waals surface area contributed by atoms with Gasteiger partial charge in [-0.05, 0) is 0 Å². The number of rotatable bonds is 12. The van der Waals surface area contributed by atoms with Crippen molar-refractivity contribution in [3.63, 3.8) is 0 Å². The molecule has 0 atom stereocenters. The van der Waals surface area contributed by atoms with E-state index in [0.29, 0.717) is 0 Å². The molecule has 0 amide bonds. The predicted molar refractivity (Wildman–Crippen MR) is 464 cm³/mol. The van der Waals surface area contributed by atoms with Crippen LogP contribution in [0.1, 0.15) is 287 Å². The molecule has 7 rings (SSSR count). The van der Waals surface area contributed by atoms with Crippen LogP contribution in [-0.2, 0) is 125 Å². The zero-order chi connectivity index (χ0) is 82.8. The summed E-state index contributed by atoms with van der Waals surface area (Å²) in [5.41, 5.74) is 18.4. The third kappa shape index (κ3) is 28.5.